The smallest absolute Gasteiger partial charge is 0.308 e. The van der Waals surface area contributed by atoms with Gasteiger partial charge in [-0.25, -0.2) is 0 Å². The molecular formula is C11H9NO4. The summed E-state index contributed by atoms with van der Waals surface area (Å²) in [6, 6.07) is 6.38. The molecule has 16 heavy (non-hydrogen) atoms. The molecule has 0 amide bonds. The fourth-order valence-electron chi connectivity index (χ4n) is 1.43. The Bertz CT molecular complexity index is 518. The fourth-order valence-corrected chi connectivity index (χ4v) is 1.43. The van der Waals surface area contributed by atoms with Crippen molar-refractivity contribution in [2.24, 2.45) is 0 Å². The van der Waals surface area contributed by atoms with E-state index < -0.39 is 5.97 Å². The third-order valence-electron chi connectivity index (χ3n) is 2.09. The zero-order chi connectivity index (χ0) is 11.5. The maximum Gasteiger partial charge on any atom is 0.308 e. The number of carbonyl (C=O) groups is 1. The molecule has 1 aromatic carbocycles. The Kier molecular flexibility index (Phi) is 2.59. The number of nitrogens with zero attached hydrogens (tertiary/aromatic N) is 1. The first kappa shape index (κ1) is 10.2. The van der Waals surface area contributed by atoms with Crippen LogP contribution in [0.5, 0.6) is 5.75 Å². The Morgan fingerprint density at radius 3 is 2.94 bits per heavy atom. The van der Waals surface area contributed by atoms with E-state index in [-0.39, 0.29) is 12.2 Å². The van der Waals surface area contributed by atoms with Gasteiger partial charge in [0.25, 0.3) is 0 Å². The van der Waals surface area contributed by atoms with E-state index in [1.807, 2.05) is 0 Å². The van der Waals surface area contributed by atoms with Crippen molar-refractivity contribution in [1.29, 1.82) is 0 Å². The summed E-state index contributed by atoms with van der Waals surface area (Å²) in [5, 5.41) is 21.6. The largest absolute Gasteiger partial charge is 0.508 e. The quantitative estimate of drug-likeness (QED) is 0.820. The van der Waals surface area contributed by atoms with Crippen LogP contribution in [0.25, 0.3) is 11.3 Å². The van der Waals surface area contributed by atoms with Crippen molar-refractivity contribution in [3.05, 3.63) is 36.0 Å². The van der Waals surface area contributed by atoms with Gasteiger partial charge < -0.3 is 14.7 Å². The van der Waals surface area contributed by atoms with E-state index in [9.17, 15) is 9.90 Å². The molecule has 1 aromatic heterocycles. The minimum atomic E-state index is -0.954. The number of aliphatic carboxylic acids is 1. The number of phenols is 1. The lowest BCUT2D eigenvalue weighted by atomic mass is 10.1. The topological polar surface area (TPSA) is 83.6 Å². The third kappa shape index (κ3) is 2.03. The normalized spacial score (nSPS) is 10.2. The highest BCUT2D eigenvalue weighted by Gasteiger charge is 2.13. The number of carboxylic acids is 1. The van der Waals surface area contributed by atoms with Crippen LogP contribution in [0, 0.1) is 0 Å². The van der Waals surface area contributed by atoms with E-state index >= 15 is 0 Å². The summed E-state index contributed by atoms with van der Waals surface area (Å²) in [6.45, 7) is 0. The van der Waals surface area contributed by atoms with Gasteiger partial charge >= 0.3 is 5.97 Å². The molecule has 0 atom stereocenters. The third-order valence-corrected chi connectivity index (χ3v) is 2.09. The summed E-state index contributed by atoms with van der Waals surface area (Å²) in [4.78, 5) is 10.6. The van der Waals surface area contributed by atoms with Crippen molar-refractivity contribution in [1.82, 2.24) is 5.16 Å². The Morgan fingerprint density at radius 1 is 1.44 bits per heavy atom. The number of aromatic nitrogens is 1. The molecule has 0 radical (unpaired) electrons. The summed E-state index contributed by atoms with van der Waals surface area (Å²) in [7, 11) is 0. The predicted octanol–water partition coefficient (Wildman–Crippen LogP) is 1.67. The van der Waals surface area contributed by atoms with Crippen molar-refractivity contribution >= 4 is 5.97 Å². The second kappa shape index (κ2) is 4.06. The molecule has 82 valence electrons. The summed E-state index contributed by atoms with van der Waals surface area (Å²) in [6.07, 6.45) is 1.21. The molecular weight excluding hydrogens is 210 g/mol. The van der Waals surface area contributed by atoms with Crippen molar-refractivity contribution in [2.75, 3.05) is 0 Å². The van der Waals surface area contributed by atoms with E-state index in [0.717, 1.165) is 0 Å². The highest BCUT2D eigenvalue weighted by atomic mass is 16.5. The number of carboxylic acid groups (broad SMARTS) is 1. The molecule has 2 rings (SSSR count). The molecule has 0 saturated heterocycles. The minimum Gasteiger partial charge on any atom is -0.508 e. The fraction of sp³-hybridized carbons (Fsp3) is 0.0909. The molecule has 5 heteroatoms. The number of benzene rings is 1. The van der Waals surface area contributed by atoms with Gasteiger partial charge in [-0.15, -0.1) is 0 Å². The second-order valence-corrected chi connectivity index (χ2v) is 3.30. The standard InChI is InChI=1S/C11H9NO4/c13-9-3-1-2-7(4-9)11-8(5-10(14)15)6-12-16-11/h1-4,6,13H,5H2,(H,14,15). The van der Waals surface area contributed by atoms with Gasteiger partial charge in [0.1, 0.15) is 5.75 Å². The van der Waals surface area contributed by atoms with Gasteiger partial charge in [-0.05, 0) is 12.1 Å². The average molecular weight is 219 g/mol. The molecule has 0 saturated carbocycles. The predicted molar refractivity (Wildman–Crippen MR) is 54.9 cm³/mol. The first-order chi connectivity index (χ1) is 7.66. The summed E-state index contributed by atoms with van der Waals surface area (Å²) in [5.74, 6) is -0.488. The van der Waals surface area contributed by atoms with Crippen molar-refractivity contribution < 1.29 is 19.5 Å². The lowest BCUT2D eigenvalue weighted by Gasteiger charge is -1.99. The highest BCUT2D eigenvalue weighted by molar-refractivity contribution is 5.74. The Labute approximate surface area is 90.9 Å². The number of phenolic OH excluding ortho intramolecular Hbond substituents is 1. The average Bonchev–Trinajstić information content (AvgIpc) is 2.65. The monoisotopic (exact) mass is 219 g/mol. The van der Waals surface area contributed by atoms with Crippen LogP contribution >= 0.6 is 0 Å². The van der Waals surface area contributed by atoms with Gasteiger partial charge in [0.05, 0.1) is 12.6 Å². The molecule has 0 bridgehead atoms. The zero-order valence-electron chi connectivity index (χ0n) is 8.25. The molecule has 0 unspecified atom stereocenters. The van der Waals surface area contributed by atoms with Crippen molar-refractivity contribution in [3.63, 3.8) is 0 Å². The van der Waals surface area contributed by atoms with Crippen LogP contribution in [0.15, 0.2) is 35.0 Å². The zero-order valence-corrected chi connectivity index (χ0v) is 8.25. The number of aromatic hydroxyl groups is 1. The van der Waals surface area contributed by atoms with Crippen LogP contribution < -0.4 is 0 Å². The van der Waals surface area contributed by atoms with Gasteiger partial charge in [-0.1, -0.05) is 17.3 Å². The number of rotatable bonds is 3. The van der Waals surface area contributed by atoms with Gasteiger partial charge in [0.2, 0.25) is 0 Å². The lowest BCUT2D eigenvalue weighted by molar-refractivity contribution is -0.136. The van der Waals surface area contributed by atoms with E-state index in [0.29, 0.717) is 16.9 Å². The molecule has 1 heterocycles. The van der Waals surface area contributed by atoms with Gasteiger partial charge in [0.15, 0.2) is 5.76 Å². The van der Waals surface area contributed by atoms with Gasteiger partial charge in [-0.3, -0.25) is 4.79 Å². The van der Waals surface area contributed by atoms with Crippen LogP contribution in [0.2, 0.25) is 0 Å². The van der Waals surface area contributed by atoms with Crippen molar-refractivity contribution in [2.45, 2.75) is 6.42 Å². The number of hydrogen-bond donors (Lipinski definition) is 2. The van der Waals surface area contributed by atoms with Crippen LogP contribution in [0.1, 0.15) is 5.56 Å². The van der Waals surface area contributed by atoms with E-state index in [2.05, 4.69) is 5.16 Å². The minimum absolute atomic E-state index is 0.0928. The van der Waals surface area contributed by atoms with E-state index in [1.54, 1.807) is 12.1 Å². The molecule has 0 fully saturated rings. The van der Waals surface area contributed by atoms with Crippen LogP contribution in [0.3, 0.4) is 0 Å². The second-order valence-electron chi connectivity index (χ2n) is 3.30. The van der Waals surface area contributed by atoms with E-state index in [1.165, 1.54) is 18.3 Å². The maximum atomic E-state index is 10.6. The first-order valence-corrected chi connectivity index (χ1v) is 4.61. The molecule has 5 nitrogen and oxygen atoms in total. The first-order valence-electron chi connectivity index (χ1n) is 4.61. The highest BCUT2D eigenvalue weighted by Crippen LogP contribution is 2.26. The van der Waals surface area contributed by atoms with Crippen LogP contribution in [-0.2, 0) is 11.2 Å². The van der Waals surface area contributed by atoms with Crippen LogP contribution in [0.4, 0.5) is 0 Å². The maximum absolute atomic E-state index is 10.6. The molecule has 0 aliphatic carbocycles. The lowest BCUT2D eigenvalue weighted by Crippen LogP contribution is -1.99. The van der Waals surface area contributed by atoms with Gasteiger partial charge in [0, 0.05) is 11.1 Å². The Balaban J connectivity index is 2.40. The van der Waals surface area contributed by atoms with Gasteiger partial charge in [-0.2, -0.15) is 0 Å². The summed E-state index contributed by atoms with van der Waals surface area (Å²) in [5.41, 5.74) is 1.09. The Morgan fingerprint density at radius 2 is 2.25 bits per heavy atom. The summed E-state index contributed by atoms with van der Waals surface area (Å²) >= 11 is 0. The molecule has 0 spiro atoms. The van der Waals surface area contributed by atoms with E-state index in [4.69, 9.17) is 9.63 Å². The van der Waals surface area contributed by atoms with Crippen molar-refractivity contribution in [3.8, 4) is 17.1 Å². The molecule has 2 aromatic rings. The molecule has 2 N–H and O–H groups in total. The number of hydrogen-bond acceptors (Lipinski definition) is 4. The summed E-state index contributed by atoms with van der Waals surface area (Å²) < 4.78 is 4.98. The SMILES string of the molecule is O=C(O)Cc1cnoc1-c1cccc(O)c1. The van der Waals surface area contributed by atoms with Crippen LogP contribution in [-0.4, -0.2) is 21.3 Å². The Hall–Kier alpha value is -2.30. The molecule has 0 aliphatic rings. The molecule has 0 aliphatic heterocycles.